The SMILES string of the molecule is CC[C@H](c1ccccc1)c1ccc(OC)nc1. The van der Waals surface area contributed by atoms with Crippen molar-refractivity contribution in [1.29, 1.82) is 0 Å². The van der Waals surface area contributed by atoms with Gasteiger partial charge in [-0.15, -0.1) is 0 Å². The summed E-state index contributed by atoms with van der Waals surface area (Å²) in [5.41, 5.74) is 2.57. The summed E-state index contributed by atoms with van der Waals surface area (Å²) in [5, 5.41) is 0. The van der Waals surface area contributed by atoms with Crippen LogP contribution in [0.5, 0.6) is 5.88 Å². The van der Waals surface area contributed by atoms with Gasteiger partial charge in [0, 0.05) is 18.2 Å². The third-order valence-electron chi connectivity index (χ3n) is 2.98. The molecule has 0 aliphatic rings. The Bertz CT molecular complexity index is 450. The molecule has 0 radical (unpaired) electrons. The van der Waals surface area contributed by atoms with E-state index in [2.05, 4.69) is 42.2 Å². The molecule has 0 saturated heterocycles. The lowest BCUT2D eigenvalue weighted by Crippen LogP contribution is -2.00. The predicted octanol–water partition coefficient (Wildman–Crippen LogP) is 3.63. The van der Waals surface area contributed by atoms with Crippen LogP contribution in [0.2, 0.25) is 0 Å². The largest absolute Gasteiger partial charge is 0.481 e. The van der Waals surface area contributed by atoms with Gasteiger partial charge in [0.05, 0.1) is 7.11 Å². The summed E-state index contributed by atoms with van der Waals surface area (Å²) >= 11 is 0. The second-order valence-corrected chi connectivity index (χ2v) is 4.01. The number of pyridine rings is 1. The van der Waals surface area contributed by atoms with Crippen LogP contribution in [0.3, 0.4) is 0 Å². The first kappa shape index (κ1) is 11.6. The van der Waals surface area contributed by atoms with Gasteiger partial charge in [0.25, 0.3) is 0 Å². The topological polar surface area (TPSA) is 22.1 Å². The average molecular weight is 227 g/mol. The summed E-state index contributed by atoms with van der Waals surface area (Å²) in [6, 6.07) is 14.5. The van der Waals surface area contributed by atoms with Gasteiger partial charge >= 0.3 is 0 Å². The molecule has 0 spiro atoms. The molecule has 17 heavy (non-hydrogen) atoms. The van der Waals surface area contributed by atoms with Gasteiger partial charge in [0.15, 0.2) is 0 Å². The highest BCUT2D eigenvalue weighted by Gasteiger charge is 2.11. The lowest BCUT2D eigenvalue weighted by molar-refractivity contribution is 0.397. The monoisotopic (exact) mass is 227 g/mol. The lowest BCUT2D eigenvalue weighted by Gasteiger charge is -2.15. The first-order valence-corrected chi connectivity index (χ1v) is 5.90. The Hall–Kier alpha value is -1.83. The maximum absolute atomic E-state index is 5.08. The van der Waals surface area contributed by atoms with Crippen LogP contribution in [0.1, 0.15) is 30.4 Å². The van der Waals surface area contributed by atoms with E-state index in [-0.39, 0.29) is 0 Å². The van der Waals surface area contributed by atoms with Crippen LogP contribution in [0.15, 0.2) is 48.7 Å². The number of methoxy groups -OCH3 is 1. The Kier molecular flexibility index (Phi) is 3.76. The van der Waals surface area contributed by atoms with E-state index in [0.717, 1.165) is 6.42 Å². The van der Waals surface area contributed by atoms with Gasteiger partial charge in [0.2, 0.25) is 5.88 Å². The van der Waals surface area contributed by atoms with Crippen molar-refractivity contribution in [2.75, 3.05) is 7.11 Å². The second kappa shape index (κ2) is 5.48. The fourth-order valence-corrected chi connectivity index (χ4v) is 2.07. The molecule has 0 bridgehead atoms. The van der Waals surface area contributed by atoms with Gasteiger partial charge in [0.1, 0.15) is 0 Å². The molecule has 1 aromatic carbocycles. The zero-order valence-electron chi connectivity index (χ0n) is 10.3. The third kappa shape index (κ3) is 2.64. The van der Waals surface area contributed by atoms with E-state index in [9.17, 15) is 0 Å². The number of rotatable bonds is 4. The molecule has 2 heteroatoms. The number of nitrogens with zero attached hydrogens (tertiary/aromatic N) is 1. The van der Waals surface area contributed by atoms with E-state index < -0.39 is 0 Å². The minimum atomic E-state index is 0.412. The van der Waals surface area contributed by atoms with Gasteiger partial charge in [-0.2, -0.15) is 0 Å². The van der Waals surface area contributed by atoms with Crippen LogP contribution in [-0.2, 0) is 0 Å². The summed E-state index contributed by atoms with van der Waals surface area (Å²) in [7, 11) is 1.64. The molecule has 0 saturated carbocycles. The first-order valence-electron chi connectivity index (χ1n) is 5.90. The van der Waals surface area contributed by atoms with Crippen LogP contribution in [0.25, 0.3) is 0 Å². The summed E-state index contributed by atoms with van der Waals surface area (Å²) < 4.78 is 5.08. The van der Waals surface area contributed by atoms with E-state index in [1.54, 1.807) is 7.11 Å². The second-order valence-electron chi connectivity index (χ2n) is 4.01. The van der Waals surface area contributed by atoms with Crippen molar-refractivity contribution < 1.29 is 4.74 Å². The average Bonchev–Trinajstić information content (AvgIpc) is 2.42. The lowest BCUT2D eigenvalue weighted by atomic mass is 9.90. The van der Waals surface area contributed by atoms with Crippen molar-refractivity contribution in [3.05, 3.63) is 59.8 Å². The molecular formula is C15H17NO. The summed E-state index contributed by atoms with van der Waals surface area (Å²) in [5.74, 6) is 1.08. The quantitative estimate of drug-likeness (QED) is 0.795. The van der Waals surface area contributed by atoms with Crippen molar-refractivity contribution in [3.8, 4) is 5.88 Å². The Morgan fingerprint density at radius 2 is 1.82 bits per heavy atom. The van der Waals surface area contributed by atoms with Crippen molar-refractivity contribution in [3.63, 3.8) is 0 Å². The van der Waals surface area contributed by atoms with Gasteiger partial charge in [-0.3, -0.25) is 0 Å². The number of benzene rings is 1. The van der Waals surface area contributed by atoms with Gasteiger partial charge in [-0.1, -0.05) is 43.3 Å². The molecule has 88 valence electrons. The predicted molar refractivity (Wildman–Crippen MR) is 69.4 cm³/mol. The smallest absolute Gasteiger partial charge is 0.212 e. The normalized spacial score (nSPS) is 12.1. The minimum absolute atomic E-state index is 0.412. The maximum Gasteiger partial charge on any atom is 0.212 e. The van der Waals surface area contributed by atoms with Crippen molar-refractivity contribution >= 4 is 0 Å². The van der Waals surface area contributed by atoms with E-state index in [4.69, 9.17) is 4.74 Å². The Morgan fingerprint density at radius 3 is 2.35 bits per heavy atom. The van der Waals surface area contributed by atoms with Crippen LogP contribution >= 0.6 is 0 Å². The molecular weight excluding hydrogens is 210 g/mol. The van der Waals surface area contributed by atoms with Gasteiger partial charge in [-0.25, -0.2) is 4.98 Å². The molecule has 2 nitrogen and oxygen atoms in total. The fraction of sp³-hybridized carbons (Fsp3) is 0.267. The molecule has 0 aliphatic carbocycles. The van der Waals surface area contributed by atoms with Crippen LogP contribution in [0, 0.1) is 0 Å². The number of hydrogen-bond acceptors (Lipinski definition) is 2. The van der Waals surface area contributed by atoms with Gasteiger partial charge in [-0.05, 0) is 17.5 Å². The molecule has 2 aromatic rings. The Morgan fingerprint density at radius 1 is 1.06 bits per heavy atom. The summed E-state index contributed by atoms with van der Waals surface area (Å²) in [4.78, 5) is 4.27. The van der Waals surface area contributed by atoms with Crippen LogP contribution in [-0.4, -0.2) is 12.1 Å². The van der Waals surface area contributed by atoms with E-state index in [1.165, 1.54) is 11.1 Å². The van der Waals surface area contributed by atoms with Crippen molar-refractivity contribution in [2.24, 2.45) is 0 Å². The number of aromatic nitrogens is 1. The molecule has 0 fully saturated rings. The summed E-state index contributed by atoms with van der Waals surface area (Å²) in [6.07, 6.45) is 2.97. The molecule has 0 amide bonds. The number of ether oxygens (including phenoxy) is 1. The first-order chi connectivity index (χ1) is 8.35. The van der Waals surface area contributed by atoms with Crippen LogP contribution < -0.4 is 4.74 Å². The Balaban J connectivity index is 2.29. The van der Waals surface area contributed by atoms with E-state index in [0.29, 0.717) is 11.8 Å². The highest BCUT2D eigenvalue weighted by Crippen LogP contribution is 2.27. The zero-order valence-corrected chi connectivity index (χ0v) is 10.3. The van der Waals surface area contributed by atoms with E-state index >= 15 is 0 Å². The molecule has 0 N–H and O–H groups in total. The summed E-state index contributed by atoms with van der Waals surface area (Å²) in [6.45, 7) is 2.20. The molecule has 1 aromatic heterocycles. The van der Waals surface area contributed by atoms with Crippen molar-refractivity contribution in [1.82, 2.24) is 4.98 Å². The molecule has 0 unspecified atom stereocenters. The maximum atomic E-state index is 5.08. The Labute approximate surface area is 102 Å². The standard InChI is InChI=1S/C15H17NO/c1-3-14(12-7-5-4-6-8-12)13-9-10-15(17-2)16-11-13/h4-11,14H,3H2,1-2H3/t14-/m1/s1. The van der Waals surface area contributed by atoms with Gasteiger partial charge < -0.3 is 4.74 Å². The van der Waals surface area contributed by atoms with E-state index in [1.807, 2.05) is 18.3 Å². The molecule has 2 rings (SSSR count). The minimum Gasteiger partial charge on any atom is -0.481 e. The fourth-order valence-electron chi connectivity index (χ4n) is 2.07. The molecule has 0 aliphatic heterocycles. The van der Waals surface area contributed by atoms with Crippen LogP contribution in [0.4, 0.5) is 0 Å². The molecule has 1 heterocycles. The highest BCUT2D eigenvalue weighted by molar-refractivity contribution is 5.32. The highest BCUT2D eigenvalue weighted by atomic mass is 16.5. The number of hydrogen-bond donors (Lipinski definition) is 0. The zero-order chi connectivity index (χ0) is 12.1. The van der Waals surface area contributed by atoms with Crippen molar-refractivity contribution in [2.45, 2.75) is 19.3 Å². The molecule has 1 atom stereocenters. The third-order valence-corrected chi connectivity index (χ3v) is 2.98.